The third kappa shape index (κ3) is 5.86. The first-order valence-electron chi connectivity index (χ1n) is 11.3. The van der Waals surface area contributed by atoms with Crippen LogP contribution in [0.1, 0.15) is 10.4 Å². The van der Waals surface area contributed by atoms with Crippen molar-refractivity contribution in [3.63, 3.8) is 0 Å². The lowest BCUT2D eigenvalue weighted by Gasteiger charge is -2.13. The second kappa shape index (κ2) is 11.5. The van der Waals surface area contributed by atoms with Crippen LogP contribution >= 0.6 is 11.8 Å². The molecule has 0 bridgehead atoms. The molecule has 2 aromatic heterocycles. The summed E-state index contributed by atoms with van der Waals surface area (Å²) in [6.45, 7) is 0.413. The molecule has 4 aromatic rings. The predicted molar refractivity (Wildman–Crippen MR) is 144 cm³/mol. The van der Waals surface area contributed by atoms with Crippen molar-refractivity contribution < 1.29 is 14.6 Å². The molecule has 0 aliphatic heterocycles. The van der Waals surface area contributed by atoms with Gasteiger partial charge in [-0.15, -0.1) is 5.10 Å². The van der Waals surface area contributed by atoms with E-state index in [2.05, 4.69) is 30.6 Å². The standard InChI is InChI=1S/C25H26N8O3S/c1-33(2)25(31-32-26)37-12-11-27-23(35)16-6-8-19-20(14-16)30-22(29-19)18-13-15(7-9-21(18)34)17-5-4-10-28-24(17)36-3/h4-10,13-14,26,34H,11-12H2,1-3H3,(H,27,35)(H,29,30)/b31-25+,32-26?. The normalized spacial score (nSPS) is 11.4. The van der Waals surface area contributed by atoms with E-state index in [9.17, 15) is 9.90 Å². The minimum Gasteiger partial charge on any atom is -0.507 e. The zero-order chi connectivity index (χ0) is 26.4. The number of pyridine rings is 1. The number of hydrogen-bond donors (Lipinski definition) is 4. The number of imidazole rings is 1. The largest absolute Gasteiger partial charge is 0.507 e. The molecule has 0 unspecified atom stereocenters. The Morgan fingerprint density at radius 1 is 1.22 bits per heavy atom. The molecule has 0 radical (unpaired) electrons. The third-order valence-electron chi connectivity index (χ3n) is 5.41. The molecule has 0 saturated heterocycles. The number of phenolic OH excluding ortho intramolecular Hbond substituents is 1. The number of fused-ring (bicyclic) bond motifs is 1. The summed E-state index contributed by atoms with van der Waals surface area (Å²) in [6, 6.07) is 14.1. The number of nitrogens with one attached hydrogen (secondary N) is 3. The van der Waals surface area contributed by atoms with Crippen molar-refractivity contribution >= 4 is 33.9 Å². The number of rotatable bonds is 8. The Balaban J connectivity index is 1.51. The minimum absolute atomic E-state index is 0.0694. The number of thioether (sulfide) groups is 1. The molecule has 0 spiro atoms. The average molecular weight is 519 g/mol. The van der Waals surface area contributed by atoms with E-state index < -0.39 is 0 Å². The monoisotopic (exact) mass is 518 g/mol. The van der Waals surface area contributed by atoms with Crippen LogP contribution in [0.4, 0.5) is 0 Å². The Labute approximate surface area is 217 Å². The van der Waals surface area contributed by atoms with Crippen LogP contribution in [-0.2, 0) is 0 Å². The maximum atomic E-state index is 12.7. The van der Waals surface area contributed by atoms with Gasteiger partial charge in [-0.2, -0.15) is 5.53 Å². The maximum absolute atomic E-state index is 12.7. The Morgan fingerprint density at radius 3 is 2.81 bits per heavy atom. The van der Waals surface area contributed by atoms with Crippen molar-refractivity contribution in [3.05, 3.63) is 60.3 Å². The van der Waals surface area contributed by atoms with Crippen LogP contribution in [0, 0.1) is 5.53 Å². The molecule has 190 valence electrons. The summed E-state index contributed by atoms with van der Waals surface area (Å²) in [5, 5.41) is 20.8. The van der Waals surface area contributed by atoms with Gasteiger partial charge in [-0.05, 0) is 53.3 Å². The van der Waals surface area contributed by atoms with E-state index in [0.29, 0.717) is 45.8 Å². The zero-order valence-corrected chi connectivity index (χ0v) is 21.3. The number of carbonyl (C=O) groups excluding carboxylic acids is 1. The number of H-pyrrole nitrogens is 1. The molecular weight excluding hydrogens is 492 g/mol. The van der Waals surface area contributed by atoms with Crippen molar-refractivity contribution in [3.8, 4) is 34.1 Å². The molecule has 2 heterocycles. The van der Waals surface area contributed by atoms with E-state index in [1.165, 1.54) is 11.8 Å². The highest BCUT2D eigenvalue weighted by molar-refractivity contribution is 8.13. The van der Waals surface area contributed by atoms with Gasteiger partial charge in [0.1, 0.15) is 11.6 Å². The average Bonchev–Trinajstić information content (AvgIpc) is 3.33. The van der Waals surface area contributed by atoms with Crippen molar-refractivity contribution in [1.29, 1.82) is 5.53 Å². The second-order valence-electron chi connectivity index (χ2n) is 8.09. The molecule has 12 heteroatoms. The van der Waals surface area contributed by atoms with Crippen LogP contribution in [0.2, 0.25) is 0 Å². The number of amidine groups is 1. The van der Waals surface area contributed by atoms with Crippen LogP contribution in [0.3, 0.4) is 0 Å². The zero-order valence-electron chi connectivity index (χ0n) is 20.5. The summed E-state index contributed by atoms with van der Waals surface area (Å²) in [5.74, 6) is 1.37. The van der Waals surface area contributed by atoms with Gasteiger partial charge in [-0.1, -0.05) is 17.8 Å². The van der Waals surface area contributed by atoms with Gasteiger partial charge >= 0.3 is 0 Å². The number of carbonyl (C=O) groups is 1. The van der Waals surface area contributed by atoms with E-state index >= 15 is 0 Å². The molecule has 4 rings (SSSR count). The molecule has 0 aliphatic carbocycles. The summed E-state index contributed by atoms with van der Waals surface area (Å²) < 4.78 is 5.37. The van der Waals surface area contributed by atoms with Gasteiger partial charge in [-0.3, -0.25) is 4.79 Å². The van der Waals surface area contributed by atoms with Crippen molar-refractivity contribution in [2.24, 2.45) is 10.3 Å². The van der Waals surface area contributed by atoms with Crippen molar-refractivity contribution in [1.82, 2.24) is 25.2 Å². The van der Waals surface area contributed by atoms with Crippen LogP contribution < -0.4 is 10.1 Å². The fraction of sp³-hybridized carbons (Fsp3) is 0.200. The van der Waals surface area contributed by atoms with Gasteiger partial charge in [0.25, 0.3) is 5.91 Å². The fourth-order valence-electron chi connectivity index (χ4n) is 3.64. The number of hydrogen-bond acceptors (Lipinski definition) is 8. The highest BCUT2D eigenvalue weighted by atomic mass is 32.2. The highest BCUT2D eigenvalue weighted by Gasteiger charge is 2.15. The van der Waals surface area contributed by atoms with E-state index in [1.807, 2.05) is 32.3 Å². The molecule has 37 heavy (non-hydrogen) atoms. The lowest BCUT2D eigenvalue weighted by atomic mass is 10.0. The van der Waals surface area contributed by atoms with Crippen molar-refractivity contribution in [2.75, 3.05) is 33.5 Å². The van der Waals surface area contributed by atoms with Crippen LogP contribution in [0.15, 0.2) is 65.1 Å². The first kappa shape index (κ1) is 25.6. The number of aromatic hydroxyl groups is 1. The Kier molecular flexibility index (Phi) is 7.98. The first-order chi connectivity index (χ1) is 17.9. The van der Waals surface area contributed by atoms with Gasteiger partial charge < -0.3 is 25.0 Å². The molecule has 11 nitrogen and oxygen atoms in total. The van der Waals surface area contributed by atoms with E-state index in [1.54, 1.807) is 48.5 Å². The Hall–Kier alpha value is -4.45. The summed E-state index contributed by atoms with van der Waals surface area (Å²) in [5.41, 5.74) is 10.8. The molecule has 0 fully saturated rings. The SMILES string of the molecule is COc1ncccc1-c1ccc(O)c(-c2nc3cc(C(=O)NCCS/C(=N/N=N)N(C)C)ccc3[nH]2)c1. The van der Waals surface area contributed by atoms with Crippen LogP contribution in [-0.4, -0.2) is 69.5 Å². The second-order valence-corrected chi connectivity index (χ2v) is 9.15. The minimum atomic E-state index is -0.228. The van der Waals surface area contributed by atoms with E-state index in [-0.39, 0.29) is 11.7 Å². The third-order valence-corrected chi connectivity index (χ3v) is 6.52. The molecular formula is C25H26N8O3S. The van der Waals surface area contributed by atoms with Gasteiger partial charge in [0, 0.05) is 43.7 Å². The van der Waals surface area contributed by atoms with Crippen LogP contribution in [0.25, 0.3) is 33.5 Å². The van der Waals surface area contributed by atoms with Crippen molar-refractivity contribution in [2.45, 2.75) is 0 Å². The number of nitrogens with zero attached hydrogens (tertiary/aromatic N) is 5. The van der Waals surface area contributed by atoms with E-state index in [0.717, 1.165) is 16.6 Å². The molecule has 0 saturated carbocycles. The number of ether oxygens (including phenoxy) is 1. The topological polar surface area (TPSA) is 152 Å². The summed E-state index contributed by atoms with van der Waals surface area (Å²) in [7, 11) is 5.19. The predicted octanol–water partition coefficient (Wildman–Crippen LogP) is 4.33. The number of phenols is 1. The number of methoxy groups -OCH3 is 1. The smallest absolute Gasteiger partial charge is 0.251 e. The molecule has 0 atom stereocenters. The van der Waals surface area contributed by atoms with Gasteiger partial charge in [0.15, 0.2) is 5.17 Å². The number of aromatic amines is 1. The maximum Gasteiger partial charge on any atom is 0.251 e. The van der Waals surface area contributed by atoms with Gasteiger partial charge in [-0.25, -0.2) is 9.97 Å². The summed E-state index contributed by atoms with van der Waals surface area (Å²) >= 11 is 1.39. The summed E-state index contributed by atoms with van der Waals surface area (Å²) in [6.07, 6.45) is 1.65. The lowest BCUT2D eigenvalue weighted by Crippen LogP contribution is -2.27. The first-order valence-corrected chi connectivity index (χ1v) is 12.2. The summed E-state index contributed by atoms with van der Waals surface area (Å²) in [4.78, 5) is 26.5. The molecule has 0 aliphatic rings. The Bertz CT molecular complexity index is 1470. The number of amides is 1. The number of aromatic nitrogens is 3. The van der Waals surface area contributed by atoms with Gasteiger partial charge in [0.2, 0.25) is 5.88 Å². The van der Waals surface area contributed by atoms with E-state index in [4.69, 9.17) is 10.3 Å². The lowest BCUT2D eigenvalue weighted by molar-refractivity contribution is 0.0956. The Morgan fingerprint density at radius 2 is 2.05 bits per heavy atom. The quantitative estimate of drug-likeness (QED) is 0.0890. The molecule has 1 amide bonds. The molecule has 4 N–H and O–H groups in total. The fourth-order valence-corrected chi connectivity index (χ4v) is 4.38. The number of benzene rings is 2. The van der Waals surface area contributed by atoms with Crippen LogP contribution in [0.5, 0.6) is 11.6 Å². The highest BCUT2D eigenvalue weighted by Crippen LogP contribution is 2.35. The van der Waals surface area contributed by atoms with Gasteiger partial charge in [0.05, 0.1) is 23.7 Å². The molecule has 2 aromatic carbocycles.